The average Bonchev–Trinajstić information content (AvgIpc) is 2.28. The zero-order valence-corrected chi connectivity index (χ0v) is 11.2. The molecule has 7 heteroatoms. The second-order valence-corrected chi connectivity index (χ2v) is 5.89. The van der Waals surface area contributed by atoms with Crippen LogP contribution in [0.25, 0.3) is 0 Å². The summed E-state index contributed by atoms with van der Waals surface area (Å²) in [5, 5.41) is 8.44. The predicted molar refractivity (Wildman–Crippen MR) is 70.7 cm³/mol. The highest BCUT2D eigenvalue weighted by atomic mass is 32.2. The number of aliphatic carboxylic acids is 1. The van der Waals surface area contributed by atoms with E-state index < -0.39 is 16.0 Å². The number of carbonyl (C=O) groups is 2. The summed E-state index contributed by atoms with van der Waals surface area (Å²) in [5.74, 6) is -1.38. The highest BCUT2D eigenvalue weighted by Crippen LogP contribution is 2.12. The van der Waals surface area contributed by atoms with Crippen LogP contribution in [0.1, 0.15) is 30.1 Å². The van der Waals surface area contributed by atoms with E-state index >= 15 is 0 Å². The number of rotatable bonds is 7. The van der Waals surface area contributed by atoms with Gasteiger partial charge in [-0.05, 0) is 37.6 Å². The first-order valence-corrected chi connectivity index (χ1v) is 7.29. The summed E-state index contributed by atoms with van der Waals surface area (Å²) < 4.78 is 25.6. The van der Waals surface area contributed by atoms with Crippen molar-refractivity contribution in [3.05, 3.63) is 29.8 Å². The van der Waals surface area contributed by atoms with Crippen molar-refractivity contribution in [2.75, 3.05) is 10.5 Å². The van der Waals surface area contributed by atoms with Crippen LogP contribution in [0.15, 0.2) is 24.3 Å². The lowest BCUT2D eigenvalue weighted by molar-refractivity contribution is -0.137. The van der Waals surface area contributed by atoms with Crippen LogP contribution in [-0.4, -0.2) is 31.0 Å². The Morgan fingerprint density at radius 1 is 1.21 bits per heavy atom. The van der Waals surface area contributed by atoms with Gasteiger partial charge in [-0.25, -0.2) is 8.42 Å². The van der Waals surface area contributed by atoms with Gasteiger partial charge in [0.15, 0.2) is 5.78 Å². The second kappa shape index (κ2) is 6.33. The molecule has 0 radical (unpaired) electrons. The van der Waals surface area contributed by atoms with Crippen LogP contribution >= 0.6 is 0 Å². The first-order valence-electron chi connectivity index (χ1n) is 5.63. The van der Waals surface area contributed by atoms with Crippen molar-refractivity contribution in [3.63, 3.8) is 0 Å². The van der Waals surface area contributed by atoms with Crippen molar-refractivity contribution < 1.29 is 23.1 Å². The molecule has 0 fully saturated rings. The number of hydrogen-bond donors (Lipinski definition) is 2. The molecule has 19 heavy (non-hydrogen) atoms. The van der Waals surface area contributed by atoms with E-state index in [9.17, 15) is 18.0 Å². The van der Waals surface area contributed by atoms with E-state index in [4.69, 9.17) is 5.11 Å². The quantitative estimate of drug-likeness (QED) is 0.739. The highest BCUT2D eigenvalue weighted by Gasteiger charge is 2.11. The summed E-state index contributed by atoms with van der Waals surface area (Å²) in [6, 6.07) is 6.03. The van der Waals surface area contributed by atoms with E-state index in [1.807, 2.05) is 0 Å². The molecular weight excluding hydrogens is 270 g/mol. The normalized spacial score (nSPS) is 11.0. The van der Waals surface area contributed by atoms with E-state index in [-0.39, 0.29) is 24.4 Å². The maximum atomic E-state index is 11.6. The van der Waals surface area contributed by atoms with E-state index in [0.717, 1.165) is 0 Å². The summed E-state index contributed by atoms with van der Waals surface area (Å²) in [5.41, 5.74) is 0.842. The number of sulfonamides is 1. The van der Waals surface area contributed by atoms with Crippen LogP contribution < -0.4 is 4.72 Å². The molecule has 1 aromatic rings. The summed E-state index contributed by atoms with van der Waals surface area (Å²) in [6.07, 6.45) is -0.139. The Morgan fingerprint density at radius 2 is 1.79 bits per heavy atom. The molecular formula is C12H15NO5S. The first kappa shape index (κ1) is 15.2. The van der Waals surface area contributed by atoms with E-state index in [0.29, 0.717) is 11.3 Å². The maximum absolute atomic E-state index is 11.6. The largest absolute Gasteiger partial charge is 0.481 e. The van der Waals surface area contributed by atoms with Crippen molar-refractivity contribution in [2.45, 2.75) is 19.8 Å². The van der Waals surface area contributed by atoms with E-state index in [2.05, 4.69) is 4.72 Å². The van der Waals surface area contributed by atoms with Gasteiger partial charge in [0.05, 0.1) is 5.75 Å². The minimum atomic E-state index is -3.56. The molecule has 0 saturated heterocycles. The molecule has 0 amide bonds. The van der Waals surface area contributed by atoms with Gasteiger partial charge in [0, 0.05) is 17.7 Å². The summed E-state index contributed by atoms with van der Waals surface area (Å²) in [6.45, 7) is 1.42. The fourth-order valence-corrected chi connectivity index (χ4v) is 2.54. The zero-order valence-electron chi connectivity index (χ0n) is 10.4. The lowest BCUT2D eigenvalue weighted by Gasteiger charge is -2.07. The van der Waals surface area contributed by atoms with Gasteiger partial charge >= 0.3 is 5.97 Å². The lowest BCUT2D eigenvalue weighted by atomic mass is 10.1. The highest BCUT2D eigenvalue weighted by molar-refractivity contribution is 7.92. The summed E-state index contributed by atoms with van der Waals surface area (Å²) >= 11 is 0. The Morgan fingerprint density at radius 3 is 2.26 bits per heavy atom. The van der Waals surface area contributed by atoms with Gasteiger partial charge in [0.1, 0.15) is 0 Å². The molecule has 0 aliphatic heterocycles. The molecule has 0 bridgehead atoms. The number of nitrogens with one attached hydrogen (secondary N) is 1. The maximum Gasteiger partial charge on any atom is 0.303 e. The van der Waals surface area contributed by atoms with Gasteiger partial charge in [0.25, 0.3) is 0 Å². The van der Waals surface area contributed by atoms with Crippen LogP contribution in [0.2, 0.25) is 0 Å². The second-order valence-electron chi connectivity index (χ2n) is 4.05. The fraction of sp³-hybridized carbons (Fsp3) is 0.333. The Labute approximate surface area is 111 Å². The van der Waals surface area contributed by atoms with E-state index in [1.54, 1.807) is 0 Å². The smallest absolute Gasteiger partial charge is 0.303 e. The fourth-order valence-electron chi connectivity index (χ4n) is 1.42. The topological polar surface area (TPSA) is 101 Å². The zero-order chi connectivity index (χ0) is 14.5. The van der Waals surface area contributed by atoms with Crippen molar-refractivity contribution >= 4 is 27.5 Å². The van der Waals surface area contributed by atoms with Crippen LogP contribution in [0, 0.1) is 0 Å². The molecule has 0 aromatic heterocycles. The minimum absolute atomic E-state index is 0.0518. The number of hydrogen-bond acceptors (Lipinski definition) is 4. The number of benzene rings is 1. The van der Waals surface area contributed by atoms with Crippen molar-refractivity contribution in [1.29, 1.82) is 0 Å². The predicted octanol–water partition coefficient (Wildman–Crippen LogP) is 1.50. The Bertz CT molecular complexity index is 562. The Kier molecular flexibility index (Phi) is 5.05. The summed E-state index contributed by atoms with van der Waals surface area (Å²) in [7, 11) is -3.56. The molecule has 0 aliphatic carbocycles. The molecule has 0 spiro atoms. The molecule has 0 unspecified atom stereocenters. The van der Waals surface area contributed by atoms with Crippen LogP contribution in [-0.2, 0) is 14.8 Å². The molecule has 0 saturated carbocycles. The van der Waals surface area contributed by atoms with Crippen LogP contribution in [0.4, 0.5) is 5.69 Å². The standard InChI is InChI=1S/C12H15NO5S/c1-9(14)10-4-6-11(7-5-10)13-19(17,18)8-2-3-12(15)16/h4-7,13H,2-3,8H2,1H3,(H,15,16). The average molecular weight is 285 g/mol. The van der Waals surface area contributed by atoms with Gasteiger partial charge < -0.3 is 5.11 Å². The van der Waals surface area contributed by atoms with Crippen LogP contribution in [0.5, 0.6) is 0 Å². The third-order valence-corrected chi connectivity index (χ3v) is 3.74. The number of anilines is 1. The molecule has 2 N–H and O–H groups in total. The van der Waals surface area contributed by atoms with Gasteiger partial charge in [-0.3, -0.25) is 14.3 Å². The lowest BCUT2D eigenvalue weighted by Crippen LogP contribution is -2.17. The molecule has 104 valence electrons. The summed E-state index contributed by atoms with van der Waals surface area (Å²) in [4.78, 5) is 21.4. The number of carboxylic acids is 1. The molecule has 1 aromatic carbocycles. The molecule has 0 aliphatic rings. The molecule has 6 nitrogen and oxygen atoms in total. The number of Topliss-reactive ketones (excluding diaryl/α,β-unsaturated/α-hetero) is 1. The first-order chi connectivity index (χ1) is 8.80. The molecule has 1 rings (SSSR count). The monoisotopic (exact) mass is 285 g/mol. The molecule has 0 atom stereocenters. The van der Waals surface area contributed by atoms with Gasteiger partial charge in [0.2, 0.25) is 10.0 Å². The molecule has 0 heterocycles. The number of ketones is 1. The number of carbonyl (C=O) groups excluding carboxylic acids is 1. The van der Waals surface area contributed by atoms with Crippen molar-refractivity contribution in [1.82, 2.24) is 0 Å². The Hall–Kier alpha value is -1.89. The minimum Gasteiger partial charge on any atom is -0.481 e. The van der Waals surface area contributed by atoms with Gasteiger partial charge in [-0.1, -0.05) is 0 Å². The van der Waals surface area contributed by atoms with Crippen molar-refractivity contribution in [2.24, 2.45) is 0 Å². The SMILES string of the molecule is CC(=O)c1ccc(NS(=O)(=O)CCCC(=O)O)cc1. The third kappa shape index (κ3) is 5.52. The van der Waals surface area contributed by atoms with E-state index in [1.165, 1.54) is 31.2 Å². The van der Waals surface area contributed by atoms with Crippen molar-refractivity contribution in [3.8, 4) is 0 Å². The Balaban J connectivity index is 2.62. The van der Waals surface area contributed by atoms with Crippen LogP contribution in [0.3, 0.4) is 0 Å². The third-order valence-electron chi connectivity index (χ3n) is 2.37. The van der Waals surface area contributed by atoms with Gasteiger partial charge in [-0.15, -0.1) is 0 Å². The number of carboxylic acid groups (broad SMARTS) is 1. The van der Waals surface area contributed by atoms with Gasteiger partial charge in [-0.2, -0.15) is 0 Å².